The molecule has 2 rings (SSSR count). The average Bonchev–Trinajstić information content (AvgIpc) is 3.15. The third kappa shape index (κ3) is 4.37. The van der Waals surface area contributed by atoms with E-state index in [2.05, 4.69) is 10.6 Å². The van der Waals surface area contributed by atoms with Gasteiger partial charge in [0.25, 0.3) is 0 Å². The fraction of sp³-hybridized carbons (Fsp3) is 0.812. The molecule has 3 amide bonds. The Kier molecular flexibility index (Phi) is 5.37. The second kappa shape index (κ2) is 6.96. The van der Waals surface area contributed by atoms with E-state index in [-0.39, 0.29) is 11.8 Å². The zero-order valence-electron chi connectivity index (χ0n) is 14.8. The Labute approximate surface area is 142 Å². The van der Waals surface area contributed by atoms with Crippen molar-refractivity contribution in [3.63, 3.8) is 0 Å². The highest BCUT2D eigenvalue weighted by molar-refractivity contribution is 5.96. The lowest BCUT2D eigenvalue weighted by molar-refractivity contribution is -0.135. The highest BCUT2D eigenvalue weighted by atomic mass is 16.6. The van der Waals surface area contributed by atoms with Crippen LogP contribution in [0.15, 0.2) is 0 Å². The van der Waals surface area contributed by atoms with Crippen LogP contribution in [0.25, 0.3) is 0 Å². The van der Waals surface area contributed by atoms with Crippen LogP contribution >= 0.6 is 0 Å². The van der Waals surface area contributed by atoms with E-state index in [1.54, 1.807) is 27.9 Å². The van der Waals surface area contributed by atoms with Gasteiger partial charge >= 0.3 is 6.09 Å². The average molecular weight is 341 g/mol. The van der Waals surface area contributed by atoms with Crippen molar-refractivity contribution < 1.29 is 23.9 Å². The summed E-state index contributed by atoms with van der Waals surface area (Å²) in [5.74, 6) is -0.498. The summed E-state index contributed by atoms with van der Waals surface area (Å²) in [6.45, 7) is 6.65. The lowest BCUT2D eigenvalue weighted by Crippen LogP contribution is -2.62. The summed E-state index contributed by atoms with van der Waals surface area (Å²) >= 11 is 0. The zero-order chi connectivity index (χ0) is 18.0. The molecule has 136 valence electrons. The first-order chi connectivity index (χ1) is 11.2. The summed E-state index contributed by atoms with van der Waals surface area (Å²) in [4.78, 5) is 38.1. The molecule has 0 bridgehead atoms. The molecule has 0 aromatic heterocycles. The van der Waals surface area contributed by atoms with Crippen molar-refractivity contribution in [3.05, 3.63) is 0 Å². The smallest absolute Gasteiger partial charge is 0.410 e. The fourth-order valence-corrected chi connectivity index (χ4v) is 2.49. The normalized spacial score (nSPS) is 21.5. The molecule has 2 N–H and O–H groups in total. The van der Waals surface area contributed by atoms with Crippen molar-refractivity contribution in [2.45, 2.75) is 57.2 Å². The lowest BCUT2D eigenvalue weighted by Gasteiger charge is -2.40. The first-order valence-corrected chi connectivity index (χ1v) is 8.27. The van der Waals surface area contributed by atoms with Crippen molar-refractivity contribution in [1.29, 1.82) is 0 Å². The molecule has 0 aromatic rings. The molecular weight excluding hydrogens is 314 g/mol. The van der Waals surface area contributed by atoms with E-state index in [4.69, 9.17) is 9.47 Å². The molecule has 24 heavy (non-hydrogen) atoms. The molecule has 1 aliphatic heterocycles. The summed E-state index contributed by atoms with van der Waals surface area (Å²) < 4.78 is 10.2. The maximum atomic E-state index is 12.4. The minimum Gasteiger partial charge on any atom is -0.444 e. The summed E-state index contributed by atoms with van der Waals surface area (Å²) in [6, 6.07) is -0.566. The minimum absolute atomic E-state index is 0.198. The molecule has 0 unspecified atom stereocenters. The number of carbonyl (C=O) groups excluding carboxylic acids is 3. The van der Waals surface area contributed by atoms with Gasteiger partial charge in [-0.3, -0.25) is 14.5 Å². The molecule has 1 aliphatic carbocycles. The van der Waals surface area contributed by atoms with Crippen molar-refractivity contribution in [2.75, 3.05) is 26.8 Å². The molecular formula is C16H27N3O5. The fourth-order valence-electron chi connectivity index (χ4n) is 2.49. The quantitative estimate of drug-likeness (QED) is 0.682. The molecule has 0 radical (unpaired) electrons. The van der Waals surface area contributed by atoms with Gasteiger partial charge in [0.05, 0.1) is 6.61 Å². The maximum Gasteiger partial charge on any atom is 0.410 e. The number of nitrogens with zero attached hydrogens (tertiary/aromatic N) is 1. The first-order valence-electron chi connectivity index (χ1n) is 8.27. The highest BCUT2D eigenvalue weighted by Gasteiger charge is 2.53. The topological polar surface area (TPSA) is 97.0 Å². The standard InChI is InChI=1S/C16H27N3O5/c1-15(2,3)24-14(22)19-9-5-11(19)12(20)18-16(6-7-16)13(21)17-8-10-23-4/h11H,5-10H2,1-4H3,(H,17,21)(H,18,20)/t11-/m1/s1. The van der Waals surface area contributed by atoms with Gasteiger partial charge in [0.2, 0.25) is 11.8 Å². The summed E-state index contributed by atoms with van der Waals surface area (Å²) in [6.07, 6.45) is 1.29. The van der Waals surface area contributed by atoms with E-state index in [0.29, 0.717) is 39.0 Å². The van der Waals surface area contributed by atoms with Crippen LogP contribution in [0.1, 0.15) is 40.0 Å². The molecule has 2 fully saturated rings. The number of rotatable bonds is 6. The number of ether oxygens (including phenoxy) is 2. The lowest BCUT2D eigenvalue weighted by atomic mass is 10.0. The summed E-state index contributed by atoms with van der Waals surface area (Å²) in [5.41, 5.74) is -1.44. The predicted octanol–water partition coefficient (Wildman–Crippen LogP) is 0.407. The largest absolute Gasteiger partial charge is 0.444 e. The van der Waals surface area contributed by atoms with Crippen LogP contribution in [0, 0.1) is 0 Å². The molecule has 1 heterocycles. The van der Waals surface area contributed by atoms with Crippen molar-refractivity contribution in [3.8, 4) is 0 Å². The SMILES string of the molecule is COCCNC(=O)C1(NC(=O)[C@H]2CCN2C(=O)OC(C)(C)C)CC1. The Morgan fingerprint density at radius 3 is 2.38 bits per heavy atom. The van der Waals surface area contributed by atoms with E-state index >= 15 is 0 Å². The van der Waals surface area contributed by atoms with E-state index in [0.717, 1.165) is 0 Å². The van der Waals surface area contributed by atoms with Gasteiger partial charge in [-0.1, -0.05) is 0 Å². The Balaban J connectivity index is 1.86. The van der Waals surface area contributed by atoms with Gasteiger partial charge < -0.3 is 20.1 Å². The van der Waals surface area contributed by atoms with Crippen LogP contribution in [0.4, 0.5) is 4.79 Å². The van der Waals surface area contributed by atoms with E-state index < -0.39 is 23.3 Å². The maximum absolute atomic E-state index is 12.4. The van der Waals surface area contributed by atoms with Gasteiger partial charge in [0.15, 0.2) is 0 Å². The number of likely N-dealkylation sites (tertiary alicyclic amines) is 1. The van der Waals surface area contributed by atoms with Gasteiger partial charge in [-0.05, 0) is 40.0 Å². The van der Waals surface area contributed by atoms with Crippen LogP contribution in [-0.2, 0) is 19.1 Å². The Bertz CT molecular complexity index is 510. The molecule has 8 heteroatoms. The van der Waals surface area contributed by atoms with Crippen LogP contribution < -0.4 is 10.6 Å². The number of hydrogen-bond donors (Lipinski definition) is 2. The Morgan fingerprint density at radius 2 is 1.92 bits per heavy atom. The number of nitrogens with one attached hydrogen (secondary N) is 2. The third-order valence-electron chi connectivity index (χ3n) is 4.09. The van der Waals surface area contributed by atoms with Gasteiger partial charge in [-0.15, -0.1) is 0 Å². The van der Waals surface area contributed by atoms with Crippen molar-refractivity contribution >= 4 is 17.9 Å². The first kappa shape index (κ1) is 18.5. The predicted molar refractivity (Wildman–Crippen MR) is 86.3 cm³/mol. The second-order valence-corrected chi connectivity index (χ2v) is 7.30. The molecule has 0 spiro atoms. The molecule has 1 saturated heterocycles. The summed E-state index contributed by atoms with van der Waals surface area (Å²) in [7, 11) is 1.56. The highest BCUT2D eigenvalue weighted by Crippen LogP contribution is 2.36. The molecule has 2 aliphatic rings. The van der Waals surface area contributed by atoms with E-state index in [1.165, 1.54) is 4.90 Å². The minimum atomic E-state index is -0.833. The van der Waals surface area contributed by atoms with Crippen LogP contribution in [0.5, 0.6) is 0 Å². The van der Waals surface area contributed by atoms with Crippen LogP contribution in [0.3, 0.4) is 0 Å². The van der Waals surface area contributed by atoms with Crippen molar-refractivity contribution in [1.82, 2.24) is 15.5 Å². The van der Waals surface area contributed by atoms with Gasteiger partial charge in [-0.2, -0.15) is 0 Å². The van der Waals surface area contributed by atoms with E-state index in [1.807, 2.05) is 0 Å². The van der Waals surface area contributed by atoms with Gasteiger partial charge in [0.1, 0.15) is 17.2 Å². The molecule has 1 saturated carbocycles. The summed E-state index contributed by atoms with van der Waals surface area (Å²) in [5, 5.41) is 5.55. The number of hydrogen-bond acceptors (Lipinski definition) is 5. The molecule has 8 nitrogen and oxygen atoms in total. The third-order valence-corrected chi connectivity index (χ3v) is 4.09. The van der Waals surface area contributed by atoms with E-state index in [9.17, 15) is 14.4 Å². The molecule has 0 aromatic carbocycles. The van der Waals surface area contributed by atoms with Crippen molar-refractivity contribution in [2.24, 2.45) is 0 Å². The second-order valence-electron chi connectivity index (χ2n) is 7.30. The van der Waals surface area contributed by atoms with Crippen LogP contribution in [0.2, 0.25) is 0 Å². The van der Waals surface area contributed by atoms with Gasteiger partial charge in [0, 0.05) is 20.2 Å². The Morgan fingerprint density at radius 1 is 1.25 bits per heavy atom. The monoisotopic (exact) mass is 341 g/mol. The Hall–Kier alpha value is -1.83. The number of amides is 3. The number of carbonyl (C=O) groups is 3. The molecule has 1 atom stereocenters. The van der Waals surface area contributed by atoms with Gasteiger partial charge in [-0.25, -0.2) is 4.79 Å². The zero-order valence-corrected chi connectivity index (χ0v) is 14.8. The number of methoxy groups -OCH3 is 1. The van der Waals surface area contributed by atoms with Crippen LogP contribution in [-0.4, -0.2) is 66.8 Å².